The molecule has 1 aliphatic rings. The van der Waals surface area contributed by atoms with Gasteiger partial charge in [-0.3, -0.25) is 14.5 Å². The van der Waals surface area contributed by atoms with Crippen molar-refractivity contribution in [2.24, 2.45) is 0 Å². The van der Waals surface area contributed by atoms with Crippen molar-refractivity contribution in [1.29, 1.82) is 0 Å². The molecule has 1 unspecified atom stereocenters. The zero-order valence-corrected chi connectivity index (χ0v) is 20.6. The molecule has 0 bridgehead atoms. The number of ketones is 1. The van der Waals surface area contributed by atoms with Crippen LogP contribution in [0.2, 0.25) is 5.02 Å². The van der Waals surface area contributed by atoms with Crippen LogP contribution in [0.5, 0.6) is 17.2 Å². The van der Waals surface area contributed by atoms with Gasteiger partial charge in [-0.25, -0.2) is 4.98 Å². The molecule has 0 spiro atoms. The number of methoxy groups -OCH3 is 2. The minimum atomic E-state index is -1.03. The first-order valence-corrected chi connectivity index (χ1v) is 11.9. The highest BCUT2D eigenvalue weighted by Crippen LogP contribution is 2.46. The van der Waals surface area contributed by atoms with Crippen LogP contribution in [-0.4, -0.2) is 41.1 Å². The molecule has 4 aromatic rings. The monoisotopic (exact) mass is 522 g/mol. The van der Waals surface area contributed by atoms with Crippen molar-refractivity contribution >= 4 is 55.7 Å². The predicted molar refractivity (Wildman–Crippen MR) is 137 cm³/mol. The molecule has 1 saturated heterocycles. The van der Waals surface area contributed by atoms with Crippen LogP contribution < -0.4 is 14.4 Å². The van der Waals surface area contributed by atoms with E-state index in [4.69, 9.17) is 21.1 Å². The van der Waals surface area contributed by atoms with Gasteiger partial charge in [-0.2, -0.15) is 0 Å². The average Bonchev–Trinajstić information content (AvgIpc) is 3.41. The van der Waals surface area contributed by atoms with Gasteiger partial charge in [0.05, 0.1) is 36.1 Å². The Hall–Kier alpha value is -4.08. The molecule has 5 rings (SSSR count). The number of Topliss-reactive ketones (excluding diaryl/α,β-unsaturated/α-hetero) is 1. The fraction of sp³-hybridized carbons (Fsp3) is 0.115. The third kappa shape index (κ3) is 3.92. The number of nitrogens with zero attached hydrogens (tertiary/aromatic N) is 2. The number of aromatic hydroxyl groups is 1. The SMILES string of the molecule is COc1ccc(C(O)=C2C(=O)C(=O)N(c3nc4ccc(Cl)cc4s3)C2c2ccc(O)c(OC)c2)cc1. The smallest absolute Gasteiger partial charge is 0.301 e. The summed E-state index contributed by atoms with van der Waals surface area (Å²) in [6, 6.07) is 15.1. The highest BCUT2D eigenvalue weighted by molar-refractivity contribution is 7.22. The number of phenols is 1. The minimum Gasteiger partial charge on any atom is -0.507 e. The number of ether oxygens (including phenoxy) is 2. The summed E-state index contributed by atoms with van der Waals surface area (Å²) >= 11 is 7.32. The quantitative estimate of drug-likeness (QED) is 0.208. The van der Waals surface area contributed by atoms with Crippen LogP contribution in [0, 0.1) is 0 Å². The summed E-state index contributed by atoms with van der Waals surface area (Å²) in [4.78, 5) is 32.5. The fourth-order valence-electron chi connectivity index (χ4n) is 4.10. The largest absolute Gasteiger partial charge is 0.507 e. The Morgan fingerprint density at radius 1 is 1.03 bits per heavy atom. The standard InChI is InChI=1S/C26H19ClN2O6S/c1-34-16-7-3-13(4-8-16)23(31)21-22(14-5-10-18(30)19(11-14)35-2)29(25(33)24(21)32)26-28-17-9-6-15(27)12-20(17)36-26/h3-12,22,30-31H,1-2H3. The summed E-state index contributed by atoms with van der Waals surface area (Å²) in [6.45, 7) is 0. The molecule has 1 amide bonds. The third-order valence-electron chi connectivity index (χ3n) is 5.87. The predicted octanol–water partition coefficient (Wildman–Crippen LogP) is 5.30. The zero-order chi connectivity index (χ0) is 25.6. The Kier molecular flexibility index (Phi) is 6.03. The molecule has 0 radical (unpaired) electrons. The Balaban J connectivity index is 1.73. The second-order valence-corrected chi connectivity index (χ2v) is 9.38. The van der Waals surface area contributed by atoms with Crippen LogP contribution in [0.15, 0.2) is 66.2 Å². The van der Waals surface area contributed by atoms with Crippen LogP contribution in [0.3, 0.4) is 0 Å². The van der Waals surface area contributed by atoms with E-state index in [-0.39, 0.29) is 28.0 Å². The molecule has 1 aromatic heterocycles. The molecule has 36 heavy (non-hydrogen) atoms. The Bertz CT molecular complexity index is 1550. The Labute approximate surface area is 214 Å². The van der Waals surface area contributed by atoms with Crippen molar-refractivity contribution in [3.8, 4) is 17.2 Å². The number of benzene rings is 3. The number of amides is 1. The molecule has 1 atom stereocenters. The van der Waals surface area contributed by atoms with Gasteiger partial charge in [0.2, 0.25) is 0 Å². The molecule has 2 N–H and O–H groups in total. The van der Waals surface area contributed by atoms with Crippen molar-refractivity contribution in [3.63, 3.8) is 0 Å². The second kappa shape index (κ2) is 9.18. The molecule has 2 heterocycles. The first-order valence-electron chi connectivity index (χ1n) is 10.7. The van der Waals surface area contributed by atoms with Crippen LogP contribution in [0.25, 0.3) is 16.0 Å². The summed E-state index contributed by atoms with van der Waals surface area (Å²) < 4.78 is 11.2. The van der Waals surface area contributed by atoms with E-state index in [1.54, 1.807) is 48.5 Å². The van der Waals surface area contributed by atoms with Crippen LogP contribution >= 0.6 is 22.9 Å². The van der Waals surface area contributed by atoms with Gasteiger partial charge in [0.1, 0.15) is 11.5 Å². The Morgan fingerprint density at radius 2 is 1.78 bits per heavy atom. The lowest BCUT2D eigenvalue weighted by atomic mass is 9.95. The molecule has 0 aliphatic carbocycles. The number of carbonyl (C=O) groups excluding carboxylic acids is 2. The maximum Gasteiger partial charge on any atom is 0.301 e. The fourth-order valence-corrected chi connectivity index (χ4v) is 5.37. The highest BCUT2D eigenvalue weighted by atomic mass is 35.5. The maximum atomic E-state index is 13.4. The third-order valence-corrected chi connectivity index (χ3v) is 7.13. The van der Waals surface area contributed by atoms with Gasteiger partial charge in [-0.05, 0) is 60.2 Å². The van der Waals surface area contributed by atoms with E-state index in [9.17, 15) is 19.8 Å². The second-order valence-electron chi connectivity index (χ2n) is 7.94. The molecule has 1 aliphatic heterocycles. The number of aliphatic hydroxyl groups is 1. The van der Waals surface area contributed by atoms with Crippen molar-refractivity contribution in [3.05, 3.63) is 82.4 Å². The van der Waals surface area contributed by atoms with Gasteiger partial charge in [-0.15, -0.1) is 0 Å². The van der Waals surface area contributed by atoms with Gasteiger partial charge in [-0.1, -0.05) is 29.0 Å². The van der Waals surface area contributed by atoms with Gasteiger partial charge in [0.15, 0.2) is 16.6 Å². The zero-order valence-electron chi connectivity index (χ0n) is 19.1. The molecule has 0 saturated carbocycles. The summed E-state index contributed by atoms with van der Waals surface area (Å²) in [6.07, 6.45) is 0. The topological polar surface area (TPSA) is 109 Å². The summed E-state index contributed by atoms with van der Waals surface area (Å²) in [7, 11) is 2.91. The van der Waals surface area contributed by atoms with Crippen molar-refractivity contribution in [1.82, 2.24) is 4.98 Å². The number of phenolic OH excluding ortho intramolecular Hbond substituents is 1. The number of thiazole rings is 1. The van der Waals surface area contributed by atoms with E-state index >= 15 is 0 Å². The van der Waals surface area contributed by atoms with Crippen LogP contribution in [0.4, 0.5) is 5.13 Å². The van der Waals surface area contributed by atoms with Crippen molar-refractivity contribution in [2.45, 2.75) is 6.04 Å². The lowest BCUT2D eigenvalue weighted by Crippen LogP contribution is -2.29. The lowest BCUT2D eigenvalue weighted by Gasteiger charge is -2.23. The first-order chi connectivity index (χ1) is 17.3. The van der Waals surface area contributed by atoms with E-state index < -0.39 is 17.7 Å². The number of hydrogen-bond acceptors (Lipinski definition) is 8. The lowest BCUT2D eigenvalue weighted by molar-refractivity contribution is -0.132. The van der Waals surface area contributed by atoms with Crippen molar-refractivity contribution in [2.75, 3.05) is 19.1 Å². The molecule has 3 aromatic carbocycles. The van der Waals surface area contributed by atoms with Crippen molar-refractivity contribution < 1.29 is 29.3 Å². The highest BCUT2D eigenvalue weighted by Gasteiger charge is 2.48. The summed E-state index contributed by atoms with van der Waals surface area (Å²) in [5.41, 5.74) is 1.27. The number of anilines is 1. The molecule has 182 valence electrons. The number of aliphatic hydroxyl groups excluding tert-OH is 1. The minimum absolute atomic E-state index is 0.108. The molecule has 8 nitrogen and oxygen atoms in total. The van der Waals surface area contributed by atoms with Gasteiger partial charge in [0, 0.05) is 10.6 Å². The average molecular weight is 523 g/mol. The van der Waals surface area contributed by atoms with E-state index in [0.29, 0.717) is 27.4 Å². The Morgan fingerprint density at radius 3 is 2.47 bits per heavy atom. The molecular weight excluding hydrogens is 504 g/mol. The molecule has 1 fully saturated rings. The first kappa shape index (κ1) is 23.7. The van der Waals surface area contributed by atoms with Gasteiger partial charge < -0.3 is 19.7 Å². The number of halogens is 1. The number of hydrogen-bond donors (Lipinski definition) is 2. The van der Waals surface area contributed by atoms with Crippen LogP contribution in [-0.2, 0) is 9.59 Å². The maximum absolute atomic E-state index is 13.4. The van der Waals surface area contributed by atoms with Gasteiger partial charge >= 0.3 is 5.91 Å². The van der Waals surface area contributed by atoms with E-state index in [0.717, 1.165) is 4.70 Å². The van der Waals surface area contributed by atoms with E-state index in [2.05, 4.69) is 4.98 Å². The van der Waals surface area contributed by atoms with E-state index in [1.165, 1.54) is 42.6 Å². The molecule has 10 heteroatoms. The number of carbonyl (C=O) groups is 2. The summed E-state index contributed by atoms with van der Waals surface area (Å²) in [5, 5.41) is 22.1. The number of aromatic nitrogens is 1. The van der Waals surface area contributed by atoms with Crippen LogP contribution in [0.1, 0.15) is 17.2 Å². The normalized spacial score (nSPS) is 17.1. The summed E-state index contributed by atoms with van der Waals surface area (Å²) in [5.74, 6) is -1.44. The van der Waals surface area contributed by atoms with E-state index in [1.807, 2.05) is 0 Å². The number of fused-ring (bicyclic) bond motifs is 1. The number of rotatable bonds is 5. The molecular formula is C26H19ClN2O6S. The van der Waals surface area contributed by atoms with Gasteiger partial charge in [0.25, 0.3) is 5.78 Å².